The number of nitrogens with zero attached hydrogens (tertiary/aromatic N) is 2. The summed E-state index contributed by atoms with van der Waals surface area (Å²) in [6.45, 7) is 4.80. The minimum absolute atomic E-state index is 0.0854. The van der Waals surface area contributed by atoms with Gasteiger partial charge in [0.2, 0.25) is 0 Å². The summed E-state index contributed by atoms with van der Waals surface area (Å²) >= 11 is 6.05. The Morgan fingerprint density at radius 1 is 0.861 bits per heavy atom. The number of hydrogen-bond acceptors (Lipinski definition) is 4. The molecule has 3 aromatic carbocycles. The minimum atomic E-state index is -0.320. The van der Waals surface area contributed by atoms with E-state index in [-0.39, 0.29) is 17.6 Å². The van der Waals surface area contributed by atoms with Crippen LogP contribution in [0.25, 0.3) is 11.3 Å². The summed E-state index contributed by atoms with van der Waals surface area (Å²) in [5.41, 5.74) is 4.31. The van der Waals surface area contributed by atoms with Gasteiger partial charge in [-0.05, 0) is 67.1 Å². The Labute approximate surface area is 215 Å². The van der Waals surface area contributed by atoms with Gasteiger partial charge in [-0.25, -0.2) is 0 Å². The number of amides is 2. The second-order valence-corrected chi connectivity index (χ2v) is 9.21. The van der Waals surface area contributed by atoms with Gasteiger partial charge >= 0.3 is 0 Å². The van der Waals surface area contributed by atoms with E-state index in [1.807, 2.05) is 72.5 Å². The monoisotopic (exact) mass is 499 g/mol. The zero-order chi connectivity index (χ0) is 25.1. The van der Waals surface area contributed by atoms with E-state index in [1.165, 1.54) is 0 Å². The molecule has 2 amide bonds. The quantitative estimate of drug-likeness (QED) is 0.359. The van der Waals surface area contributed by atoms with Gasteiger partial charge < -0.3 is 19.5 Å². The molecule has 1 fully saturated rings. The number of piperazine rings is 1. The van der Waals surface area contributed by atoms with Crippen LogP contribution in [0.15, 0.2) is 89.3 Å². The number of aryl methyl sites for hydroxylation is 1. The van der Waals surface area contributed by atoms with Crippen LogP contribution in [0.2, 0.25) is 5.02 Å². The number of nitrogens with one attached hydrogen (secondary N) is 1. The number of rotatable bonds is 5. The highest BCUT2D eigenvalue weighted by atomic mass is 35.5. The lowest BCUT2D eigenvalue weighted by Gasteiger charge is -2.36. The largest absolute Gasteiger partial charge is 0.451 e. The molecule has 0 saturated carbocycles. The molecule has 0 unspecified atom stereocenters. The second-order valence-electron chi connectivity index (χ2n) is 8.77. The molecule has 36 heavy (non-hydrogen) atoms. The maximum atomic E-state index is 12.9. The number of furan rings is 1. The second kappa shape index (κ2) is 10.3. The molecule has 0 spiro atoms. The van der Waals surface area contributed by atoms with Crippen molar-refractivity contribution >= 4 is 34.8 Å². The molecule has 1 saturated heterocycles. The van der Waals surface area contributed by atoms with Crippen molar-refractivity contribution in [3.8, 4) is 11.3 Å². The molecule has 0 atom stereocenters. The van der Waals surface area contributed by atoms with E-state index in [4.69, 9.17) is 16.0 Å². The molecule has 1 aromatic heterocycles. The highest BCUT2D eigenvalue weighted by molar-refractivity contribution is 6.30. The van der Waals surface area contributed by atoms with Crippen molar-refractivity contribution in [2.24, 2.45) is 0 Å². The van der Waals surface area contributed by atoms with Crippen molar-refractivity contribution in [1.29, 1.82) is 0 Å². The molecule has 1 aliphatic rings. The van der Waals surface area contributed by atoms with Crippen molar-refractivity contribution in [3.05, 3.63) is 107 Å². The predicted molar refractivity (Wildman–Crippen MR) is 143 cm³/mol. The van der Waals surface area contributed by atoms with Gasteiger partial charge in [-0.2, -0.15) is 0 Å². The van der Waals surface area contributed by atoms with E-state index in [1.54, 1.807) is 24.3 Å². The Balaban J connectivity index is 1.17. The Morgan fingerprint density at radius 2 is 1.61 bits per heavy atom. The van der Waals surface area contributed by atoms with Crippen LogP contribution in [0, 0.1) is 6.92 Å². The van der Waals surface area contributed by atoms with Gasteiger partial charge in [0, 0.05) is 53.7 Å². The van der Waals surface area contributed by atoms with Crippen molar-refractivity contribution in [2.45, 2.75) is 6.92 Å². The first-order valence-corrected chi connectivity index (χ1v) is 12.2. The zero-order valence-electron chi connectivity index (χ0n) is 19.9. The Morgan fingerprint density at radius 3 is 2.33 bits per heavy atom. The first kappa shape index (κ1) is 23.7. The maximum Gasteiger partial charge on any atom is 0.291 e. The van der Waals surface area contributed by atoms with Gasteiger partial charge in [0.25, 0.3) is 11.8 Å². The molecule has 7 heteroatoms. The van der Waals surface area contributed by atoms with Gasteiger partial charge in [-0.15, -0.1) is 0 Å². The molecule has 5 rings (SSSR count). The molecule has 1 N–H and O–H groups in total. The van der Waals surface area contributed by atoms with Crippen LogP contribution in [-0.4, -0.2) is 42.9 Å². The van der Waals surface area contributed by atoms with Crippen LogP contribution in [-0.2, 0) is 0 Å². The fraction of sp³-hybridized carbons (Fsp3) is 0.172. The van der Waals surface area contributed by atoms with Crippen LogP contribution in [0.5, 0.6) is 0 Å². The number of carbonyl (C=O) groups is 2. The first-order chi connectivity index (χ1) is 17.5. The highest BCUT2D eigenvalue weighted by Crippen LogP contribution is 2.26. The standard InChI is InChI=1S/C29H26ClN3O3/c1-20-5-2-3-8-25(20)29(35)33-17-15-32(16-18-33)24-11-9-23(10-12-24)31-28(34)27-14-13-26(36-27)21-6-4-7-22(30)19-21/h2-14,19H,15-18H2,1H3,(H,31,34). The summed E-state index contributed by atoms with van der Waals surface area (Å²) in [5, 5.41) is 3.49. The van der Waals surface area contributed by atoms with E-state index >= 15 is 0 Å². The lowest BCUT2D eigenvalue weighted by atomic mass is 10.1. The third-order valence-corrected chi connectivity index (χ3v) is 6.61. The van der Waals surface area contributed by atoms with Crippen LogP contribution >= 0.6 is 11.6 Å². The number of hydrogen-bond donors (Lipinski definition) is 1. The van der Waals surface area contributed by atoms with Crippen LogP contribution in [0.3, 0.4) is 0 Å². The van der Waals surface area contributed by atoms with Crippen molar-refractivity contribution in [3.63, 3.8) is 0 Å². The normalized spacial score (nSPS) is 13.5. The molecule has 182 valence electrons. The smallest absolute Gasteiger partial charge is 0.291 e. The molecule has 0 bridgehead atoms. The SMILES string of the molecule is Cc1ccccc1C(=O)N1CCN(c2ccc(NC(=O)c3ccc(-c4cccc(Cl)c4)o3)cc2)CC1. The molecule has 4 aromatic rings. The van der Waals surface area contributed by atoms with Crippen molar-refractivity contribution in [2.75, 3.05) is 36.4 Å². The van der Waals surface area contributed by atoms with Crippen molar-refractivity contribution < 1.29 is 14.0 Å². The zero-order valence-corrected chi connectivity index (χ0v) is 20.7. The van der Waals surface area contributed by atoms with Crippen LogP contribution in [0.4, 0.5) is 11.4 Å². The van der Waals surface area contributed by atoms with Crippen LogP contribution < -0.4 is 10.2 Å². The topological polar surface area (TPSA) is 65.8 Å². The van der Waals surface area contributed by atoms with Crippen molar-refractivity contribution in [1.82, 2.24) is 4.90 Å². The summed E-state index contributed by atoms with van der Waals surface area (Å²) < 4.78 is 5.74. The molecule has 0 radical (unpaired) electrons. The molecule has 1 aliphatic heterocycles. The summed E-state index contributed by atoms with van der Waals surface area (Å²) in [6.07, 6.45) is 0. The average molecular weight is 500 g/mol. The summed E-state index contributed by atoms with van der Waals surface area (Å²) in [5.74, 6) is 0.572. The molecular weight excluding hydrogens is 474 g/mol. The number of halogens is 1. The van der Waals surface area contributed by atoms with Gasteiger partial charge in [0.1, 0.15) is 5.76 Å². The van der Waals surface area contributed by atoms with Crippen LogP contribution in [0.1, 0.15) is 26.5 Å². The van der Waals surface area contributed by atoms with E-state index in [9.17, 15) is 9.59 Å². The van der Waals surface area contributed by atoms with E-state index < -0.39 is 0 Å². The Kier molecular flexibility index (Phi) is 6.78. The first-order valence-electron chi connectivity index (χ1n) is 11.8. The van der Waals surface area contributed by atoms with Gasteiger partial charge in [0.05, 0.1) is 0 Å². The fourth-order valence-corrected chi connectivity index (χ4v) is 4.55. The lowest BCUT2D eigenvalue weighted by molar-refractivity contribution is 0.0746. The number of carbonyl (C=O) groups excluding carboxylic acids is 2. The molecule has 0 aliphatic carbocycles. The third kappa shape index (κ3) is 5.14. The molecular formula is C29H26ClN3O3. The van der Waals surface area contributed by atoms with Gasteiger partial charge in [-0.1, -0.05) is 41.9 Å². The van der Waals surface area contributed by atoms with E-state index in [2.05, 4.69) is 10.2 Å². The van der Waals surface area contributed by atoms with Gasteiger partial charge in [0.15, 0.2) is 5.76 Å². The van der Waals surface area contributed by atoms with E-state index in [0.29, 0.717) is 29.6 Å². The fourth-order valence-electron chi connectivity index (χ4n) is 4.36. The number of benzene rings is 3. The average Bonchev–Trinajstić information content (AvgIpc) is 3.40. The summed E-state index contributed by atoms with van der Waals surface area (Å²) in [6, 6.07) is 26.1. The molecule has 2 heterocycles. The number of anilines is 2. The highest BCUT2D eigenvalue weighted by Gasteiger charge is 2.23. The minimum Gasteiger partial charge on any atom is -0.451 e. The molecule has 6 nitrogen and oxygen atoms in total. The Hall–Kier alpha value is -4.03. The maximum absolute atomic E-state index is 12.9. The predicted octanol–water partition coefficient (Wildman–Crippen LogP) is 6.12. The summed E-state index contributed by atoms with van der Waals surface area (Å²) in [4.78, 5) is 29.7. The van der Waals surface area contributed by atoms with Gasteiger partial charge in [-0.3, -0.25) is 9.59 Å². The lowest BCUT2D eigenvalue weighted by Crippen LogP contribution is -2.48. The summed E-state index contributed by atoms with van der Waals surface area (Å²) in [7, 11) is 0. The third-order valence-electron chi connectivity index (χ3n) is 6.37. The Bertz CT molecular complexity index is 1390. The van der Waals surface area contributed by atoms with E-state index in [0.717, 1.165) is 35.5 Å².